The average Bonchev–Trinajstić information content (AvgIpc) is 3.16. The standard InChI is InChI=1S/C47H78NO8P/c1-6-8-10-12-14-16-18-20-22-23-24-25-26-28-30-32-34-36-38-40-47(50)56-45(44-55-57(51,52)54-42-41-48(3,4)5)43-53-46(49)39-37-35-33-31-29-27-21-19-17-15-13-11-9-7-2/h8,10,13-16,19-22,24-25,28,30,34,36,45H,6-7,9,11-12,17-18,23,26-27,29,31-33,35,37-44H2,1-5H3/p+1/b10-8-,15-13-,16-14-,21-19-,22-20-,25-24-,30-28-,36-34-. The van der Waals surface area contributed by atoms with Crippen LogP contribution in [0, 0.1) is 0 Å². The van der Waals surface area contributed by atoms with Crippen LogP contribution in [0.2, 0.25) is 0 Å². The van der Waals surface area contributed by atoms with Gasteiger partial charge in [-0.25, -0.2) is 4.57 Å². The minimum atomic E-state index is -4.40. The molecular formula is C47H79NO8P+. The Labute approximate surface area is 347 Å². The molecule has 57 heavy (non-hydrogen) atoms. The Morgan fingerprint density at radius 2 is 1.04 bits per heavy atom. The van der Waals surface area contributed by atoms with Crippen molar-refractivity contribution in [3.63, 3.8) is 0 Å². The fourth-order valence-electron chi connectivity index (χ4n) is 5.00. The third kappa shape index (κ3) is 42.4. The summed E-state index contributed by atoms with van der Waals surface area (Å²) in [6, 6.07) is 0. The number of phosphoric ester groups is 1. The van der Waals surface area contributed by atoms with Gasteiger partial charge in [-0.2, -0.15) is 0 Å². The molecule has 0 bridgehead atoms. The van der Waals surface area contributed by atoms with E-state index < -0.39 is 32.5 Å². The maximum Gasteiger partial charge on any atom is 0.472 e. The summed E-state index contributed by atoms with van der Waals surface area (Å²) in [5.41, 5.74) is 0. The molecule has 2 atom stereocenters. The maximum atomic E-state index is 12.7. The van der Waals surface area contributed by atoms with Crippen LogP contribution >= 0.6 is 7.82 Å². The van der Waals surface area contributed by atoms with Crippen LogP contribution in [-0.2, 0) is 32.7 Å². The Morgan fingerprint density at radius 3 is 1.56 bits per heavy atom. The molecule has 324 valence electrons. The summed E-state index contributed by atoms with van der Waals surface area (Å²) < 4.78 is 34.2. The molecule has 0 saturated heterocycles. The molecule has 0 aromatic heterocycles. The molecule has 0 amide bonds. The first-order chi connectivity index (χ1) is 27.5. The molecule has 0 aliphatic heterocycles. The predicted octanol–water partition coefficient (Wildman–Crippen LogP) is 12.2. The minimum Gasteiger partial charge on any atom is -0.462 e. The number of nitrogens with zero attached hydrogens (tertiary/aromatic N) is 1. The van der Waals surface area contributed by atoms with Gasteiger partial charge in [0, 0.05) is 12.8 Å². The van der Waals surface area contributed by atoms with E-state index in [0.717, 1.165) is 83.5 Å². The van der Waals surface area contributed by atoms with Crippen molar-refractivity contribution in [2.24, 2.45) is 0 Å². The summed E-state index contributed by atoms with van der Waals surface area (Å²) in [5, 5.41) is 0. The highest BCUT2D eigenvalue weighted by Gasteiger charge is 2.27. The van der Waals surface area contributed by atoms with E-state index in [-0.39, 0.29) is 26.1 Å². The second-order valence-corrected chi connectivity index (χ2v) is 16.4. The highest BCUT2D eigenvalue weighted by Crippen LogP contribution is 2.43. The lowest BCUT2D eigenvalue weighted by Crippen LogP contribution is -2.37. The summed E-state index contributed by atoms with van der Waals surface area (Å²) in [5.74, 6) is -0.925. The summed E-state index contributed by atoms with van der Waals surface area (Å²) in [4.78, 5) is 35.3. The number of likely N-dealkylation sites (N-methyl/N-ethyl adjacent to an activating group) is 1. The van der Waals surface area contributed by atoms with Gasteiger partial charge in [-0.15, -0.1) is 0 Å². The van der Waals surface area contributed by atoms with Crippen molar-refractivity contribution in [1.29, 1.82) is 0 Å². The number of quaternary nitrogens is 1. The van der Waals surface area contributed by atoms with Gasteiger partial charge in [0.2, 0.25) is 0 Å². The van der Waals surface area contributed by atoms with Crippen LogP contribution in [-0.4, -0.2) is 74.9 Å². The van der Waals surface area contributed by atoms with Crippen molar-refractivity contribution in [3.05, 3.63) is 97.2 Å². The van der Waals surface area contributed by atoms with Crippen molar-refractivity contribution in [2.45, 2.75) is 142 Å². The lowest BCUT2D eigenvalue weighted by molar-refractivity contribution is -0.870. The molecule has 9 nitrogen and oxygen atoms in total. The average molecular weight is 817 g/mol. The SMILES string of the molecule is CC/C=C\C/C=C\C/C=C\C/C=C\C/C=C\C/C=C\CCC(=O)OC(COC(=O)CCCCCCC/C=C\C/C=C\CCCC)COP(=O)(O)OCC[N+](C)(C)C. The molecule has 1 N–H and O–H groups in total. The molecule has 0 saturated carbocycles. The number of rotatable bonds is 37. The van der Waals surface area contributed by atoms with Crippen LogP contribution in [0.5, 0.6) is 0 Å². The second kappa shape index (κ2) is 38.4. The number of hydrogen-bond donors (Lipinski definition) is 1. The van der Waals surface area contributed by atoms with Gasteiger partial charge in [0.05, 0.1) is 27.7 Å². The number of hydrogen-bond acceptors (Lipinski definition) is 7. The van der Waals surface area contributed by atoms with Crippen LogP contribution in [0.25, 0.3) is 0 Å². The van der Waals surface area contributed by atoms with Gasteiger partial charge in [0.25, 0.3) is 0 Å². The van der Waals surface area contributed by atoms with Gasteiger partial charge >= 0.3 is 19.8 Å². The van der Waals surface area contributed by atoms with E-state index in [2.05, 4.69) is 98.9 Å². The Bertz CT molecular complexity index is 1290. The zero-order chi connectivity index (χ0) is 42.1. The third-order valence-corrected chi connectivity index (χ3v) is 9.35. The van der Waals surface area contributed by atoms with Gasteiger partial charge < -0.3 is 18.9 Å². The van der Waals surface area contributed by atoms with Crippen LogP contribution < -0.4 is 0 Å². The number of unbranched alkanes of at least 4 members (excludes halogenated alkanes) is 7. The number of carbonyl (C=O) groups excluding carboxylic acids is 2. The molecule has 0 radical (unpaired) electrons. The lowest BCUT2D eigenvalue weighted by atomic mass is 10.1. The van der Waals surface area contributed by atoms with E-state index in [0.29, 0.717) is 23.9 Å². The molecule has 2 unspecified atom stereocenters. The normalized spacial score (nSPS) is 14.6. The zero-order valence-electron chi connectivity index (χ0n) is 36.3. The number of ether oxygens (including phenoxy) is 2. The summed E-state index contributed by atoms with van der Waals surface area (Å²) in [7, 11) is 1.40. The predicted molar refractivity (Wildman–Crippen MR) is 238 cm³/mol. The Kier molecular flexibility index (Phi) is 36.4. The minimum absolute atomic E-state index is 0.0101. The van der Waals surface area contributed by atoms with E-state index in [1.165, 1.54) is 12.8 Å². The molecule has 0 aromatic rings. The lowest BCUT2D eigenvalue weighted by Gasteiger charge is -2.24. The van der Waals surface area contributed by atoms with Gasteiger partial charge in [-0.05, 0) is 77.0 Å². The Balaban J connectivity index is 4.55. The van der Waals surface area contributed by atoms with Crippen LogP contribution in [0.4, 0.5) is 0 Å². The summed E-state index contributed by atoms with van der Waals surface area (Å²) in [6.07, 6.45) is 50.4. The molecule has 0 heterocycles. The van der Waals surface area contributed by atoms with Crippen LogP contribution in [0.15, 0.2) is 97.2 Å². The molecule has 10 heteroatoms. The summed E-state index contributed by atoms with van der Waals surface area (Å²) in [6.45, 7) is 4.13. The monoisotopic (exact) mass is 817 g/mol. The smallest absolute Gasteiger partial charge is 0.462 e. The van der Waals surface area contributed by atoms with Gasteiger partial charge in [-0.3, -0.25) is 18.6 Å². The van der Waals surface area contributed by atoms with Gasteiger partial charge in [0.15, 0.2) is 6.10 Å². The number of allylic oxidation sites excluding steroid dienone is 16. The quantitative estimate of drug-likeness (QED) is 0.0217. The highest BCUT2D eigenvalue weighted by atomic mass is 31.2. The third-order valence-electron chi connectivity index (χ3n) is 8.36. The first-order valence-corrected chi connectivity index (χ1v) is 23.0. The van der Waals surface area contributed by atoms with Crippen molar-refractivity contribution >= 4 is 19.8 Å². The van der Waals surface area contributed by atoms with Crippen LogP contribution in [0.3, 0.4) is 0 Å². The fraction of sp³-hybridized carbons (Fsp3) is 0.617. The molecule has 0 aliphatic carbocycles. The topological polar surface area (TPSA) is 108 Å². The van der Waals surface area contributed by atoms with E-state index in [4.69, 9.17) is 18.5 Å². The second-order valence-electron chi connectivity index (χ2n) is 15.0. The number of esters is 2. The molecule has 0 rings (SSSR count). The van der Waals surface area contributed by atoms with Crippen molar-refractivity contribution in [3.8, 4) is 0 Å². The largest absolute Gasteiger partial charge is 0.472 e. The van der Waals surface area contributed by atoms with Crippen molar-refractivity contribution < 1.29 is 42.1 Å². The first-order valence-electron chi connectivity index (χ1n) is 21.5. The number of phosphoric acid groups is 1. The molecule has 0 aromatic carbocycles. The maximum absolute atomic E-state index is 12.7. The van der Waals surface area contributed by atoms with Crippen LogP contribution in [0.1, 0.15) is 136 Å². The molecular weight excluding hydrogens is 737 g/mol. The van der Waals surface area contributed by atoms with Gasteiger partial charge in [-0.1, -0.05) is 143 Å². The van der Waals surface area contributed by atoms with E-state index >= 15 is 0 Å². The van der Waals surface area contributed by atoms with E-state index in [1.807, 2.05) is 33.3 Å². The number of carbonyl (C=O) groups is 2. The zero-order valence-corrected chi connectivity index (χ0v) is 37.2. The van der Waals surface area contributed by atoms with Gasteiger partial charge in [0.1, 0.15) is 19.8 Å². The molecule has 0 fully saturated rings. The van der Waals surface area contributed by atoms with E-state index in [9.17, 15) is 19.0 Å². The molecule has 0 aliphatic rings. The Hall–Kier alpha value is -3.07. The van der Waals surface area contributed by atoms with Crippen molar-refractivity contribution in [2.75, 3.05) is 47.5 Å². The van der Waals surface area contributed by atoms with E-state index in [1.54, 1.807) is 0 Å². The molecule has 0 spiro atoms. The highest BCUT2D eigenvalue weighted by molar-refractivity contribution is 7.47. The fourth-order valence-corrected chi connectivity index (χ4v) is 5.74. The summed E-state index contributed by atoms with van der Waals surface area (Å²) >= 11 is 0. The van der Waals surface area contributed by atoms with Crippen molar-refractivity contribution in [1.82, 2.24) is 0 Å². The Morgan fingerprint density at radius 1 is 0.561 bits per heavy atom. The first kappa shape index (κ1) is 53.9.